The van der Waals surface area contributed by atoms with Crippen LogP contribution in [0.5, 0.6) is 0 Å². The van der Waals surface area contributed by atoms with Gasteiger partial charge in [0.2, 0.25) is 26.0 Å². The summed E-state index contributed by atoms with van der Waals surface area (Å²) in [5.74, 6) is 1.28. The molecule has 0 spiro atoms. The van der Waals surface area contributed by atoms with Crippen LogP contribution >= 0.6 is 0 Å². The van der Waals surface area contributed by atoms with Crippen molar-refractivity contribution in [3.63, 3.8) is 0 Å². The average Bonchev–Trinajstić information content (AvgIpc) is 2.92. The number of nitrogens with one attached hydrogen (secondary N) is 3. The lowest BCUT2D eigenvalue weighted by Crippen LogP contribution is -2.12. The third kappa shape index (κ3) is 8.07. The van der Waals surface area contributed by atoms with Gasteiger partial charge in [0.15, 0.2) is 5.82 Å². The number of rotatable bonds is 11. The molecule has 3 aromatic carbocycles. The van der Waals surface area contributed by atoms with E-state index in [9.17, 15) is 16.8 Å². The van der Waals surface area contributed by atoms with E-state index in [1.165, 1.54) is 24.3 Å². The normalized spacial score (nSPS) is 12.1. The number of primary sulfonamides is 2. The molecule has 0 bridgehead atoms. The van der Waals surface area contributed by atoms with Gasteiger partial charge >= 0.3 is 0 Å². The second-order valence-electron chi connectivity index (χ2n) is 8.70. The summed E-state index contributed by atoms with van der Waals surface area (Å²) in [6, 6.07) is 23.6. The fourth-order valence-corrected chi connectivity index (χ4v) is 4.60. The Labute approximate surface area is 232 Å². The summed E-state index contributed by atoms with van der Waals surface area (Å²) in [5.41, 5.74) is 5.94. The van der Waals surface area contributed by atoms with Crippen LogP contribution in [0.25, 0.3) is 0 Å². The van der Waals surface area contributed by atoms with Gasteiger partial charge in [0, 0.05) is 18.3 Å². The van der Waals surface area contributed by atoms with E-state index in [0.29, 0.717) is 41.8 Å². The fourth-order valence-electron chi connectivity index (χ4n) is 3.57. The predicted molar refractivity (Wildman–Crippen MR) is 155 cm³/mol. The van der Waals surface area contributed by atoms with Gasteiger partial charge in [-0.1, -0.05) is 42.5 Å². The van der Waals surface area contributed by atoms with Crippen LogP contribution in [0.2, 0.25) is 0 Å². The molecule has 7 N–H and O–H groups in total. The van der Waals surface area contributed by atoms with Crippen LogP contribution < -0.4 is 26.3 Å². The zero-order valence-electron chi connectivity index (χ0n) is 21.4. The topological polar surface area (TPSA) is 195 Å². The maximum atomic E-state index is 11.5. The van der Waals surface area contributed by atoms with Crippen molar-refractivity contribution < 1.29 is 16.8 Å². The van der Waals surface area contributed by atoms with Crippen molar-refractivity contribution in [3.8, 4) is 0 Å². The van der Waals surface area contributed by atoms with Gasteiger partial charge in [-0.3, -0.25) is 5.43 Å². The standard InChI is InChI=1S/C26H28N8O4S2/c1-18(20-9-13-23(14-10-20)40(28,37)38)33-34-25-17-24(31-26(32-25)30-21-5-3-2-4-6-21)29-16-15-19-7-11-22(12-8-19)39(27,35)36/h2-14,17H,15-16H2,1H3,(H2,27,35,36)(H2,28,37,38)(H3,29,30,31,32,34). The van der Waals surface area contributed by atoms with E-state index in [1.807, 2.05) is 30.3 Å². The number of hydrazone groups is 1. The Morgan fingerprint density at radius 3 is 1.98 bits per heavy atom. The minimum Gasteiger partial charge on any atom is -0.370 e. The van der Waals surface area contributed by atoms with Gasteiger partial charge in [-0.05, 0) is 60.9 Å². The van der Waals surface area contributed by atoms with Crippen LogP contribution in [0.3, 0.4) is 0 Å². The van der Waals surface area contributed by atoms with Gasteiger partial charge < -0.3 is 10.6 Å². The average molecular weight is 581 g/mol. The van der Waals surface area contributed by atoms with Crippen molar-refractivity contribution in [2.45, 2.75) is 23.1 Å². The quantitative estimate of drug-likeness (QED) is 0.131. The molecule has 14 heteroatoms. The minimum absolute atomic E-state index is 0.0144. The van der Waals surface area contributed by atoms with E-state index < -0.39 is 20.0 Å². The Hall–Kier alpha value is -4.37. The van der Waals surface area contributed by atoms with Crippen LogP contribution in [0.15, 0.2) is 99.8 Å². The Bertz CT molecular complexity index is 1710. The first-order valence-electron chi connectivity index (χ1n) is 12.0. The first-order chi connectivity index (χ1) is 19.0. The summed E-state index contributed by atoms with van der Waals surface area (Å²) in [7, 11) is -7.53. The molecule has 0 saturated heterocycles. The van der Waals surface area contributed by atoms with Crippen LogP contribution in [-0.2, 0) is 26.5 Å². The number of sulfonamides is 2. The molecule has 208 valence electrons. The van der Waals surface area contributed by atoms with Gasteiger partial charge in [0.1, 0.15) is 5.82 Å². The lowest BCUT2D eigenvalue weighted by molar-refractivity contribution is 0.596. The molecule has 4 aromatic rings. The summed E-state index contributed by atoms with van der Waals surface area (Å²) in [4.78, 5) is 9.11. The molecular formula is C26H28N8O4S2. The van der Waals surface area contributed by atoms with Gasteiger partial charge in [-0.15, -0.1) is 0 Å². The Morgan fingerprint density at radius 1 is 0.800 bits per heavy atom. The van der Waals surface area contributed by atoms with E-state index in [-0.39, 0.29) is 9.79 Å². The van der Waals surface area contributed by atoms with Crippen LogP contribution in [0.1, 0.15) is 18.1 Å². The second-order valence-corrected chi connectivity index (χ2v) is 11.8. The highest BCUT2D eigenvalue weighted by Crippen LogP contribution is 2.19. The van der Waals surface area contributed by atoms with Crippen LogP contribution in [-0.4, -0.2) is 39.1 Å². The predicted octanol–water partition coefficient (Wildman–Crippen LogP) is 3.01. The maximum Gasteiger partial charge on any atom is 0.238 e. The first-order valence-corrected chi connectivity index (χ1v) is 15.1. The van der Waals surface area contributed by atoms with E-state index >= 15 is 0 Å². The first kappa shape index (κ1) is 28.6. The molecular weight excluding hydrogens is 552 g/mol. The van der Waals surface area contributed by atoms with Crippen LogP contribution in [0.4, 0.5) is 23.3 Å². The summed E-state index contributed by atoms with van der Waals surface area (Å²) in [6.45, 7) is 2.28. The van der Waals surface area contributed by atoms with Gasteiger partial charge in [0.25, 0.3) is 0 Å². The SMILES string of the molecule is CC(=NNc1cc(NCCc2ccc(S(N)(=O)=O)cc2)nc(Nc2ccccc2)n1)c1ccc(S(N)(=O)=O)cc1. The smallest absolute Gasteiger partial charge is 0.238 e. The van der Waals surface area contributed by atoms with Gasteiger partial charge in [-0.25, -0.2) is 27.1 Å². The number of nitrogens with zero attached hydrogens (tertiary/aromatic N) is 3. The number of aromatic nitrogens is 2. The molecule has 0 aliphatic rings. The number of nitrogens with two attached hydrogens (primary N) is 2. The highest BCUT2D eigenvalue weighted by Gasteiger charge is 2.10. The minimum atomic E-state index is -3.78. The Balaban J connectivity index is 1.50. The Morgan fingerprint density at radius 2 is 1.38 bits per heavy atom. The Kier molecular flexibility index (Phi) is 8.74. The zero-order chi connectivity index (χ0) is 28.8. The molecule has 0 radical (unpaired) electrons. The summed E-state index contributed by atoms with van der Waals surface area (Å²) in [5, 5.41) is 21.1. The number of benzene rings is 3. The van der Waals surface area contributed by atoms with Crippen molar-refractivity contribution in [2.24, 2.45) is 15.4 Å². The van der Waals surface area contributed by atoms with Gasteiger partial charge in [-0.2, -0.15) is 15.1 Å². The molecule has 0 atom stereocenters. The molecule has 4 rings (SSSR count). The summed E-state index contributed by atoms with van der Waals surface area (Å²) in [6.07, 6.45) is 0.602. The molecule has 0 unspecified atom stereocenters. The summed E-state index contributed by atoms with van der Waals surface area (Å²) < 4.78 is 45.9. The molecule has 0 aliphatic carbocycles. The van der Waals surface area contributed by atoms with E-state index in [2.05, 4.69) is 31.1 Å². The molecule has 1 aromatic heterocycles. The molecule has 0 fully saturated rings. The number of hydrogen-bond acceptors (Lipinski definition) is 10. The highest BCUT2D eigenvalue weighted by atomic mass is 32.2. The molecule has 0 amide bonds. The van der Waals surface area contributed by atoms with E-state index in [0.717, 1.165) is 11.3 Å². The molecule has 12 nitrogen and oxygen atoms in total. The number of hydrogen-bond donors (Lipinski definition) is 5. The second kappa shape index (κ2) is 12.2. The molecule has 40 heavy (non-hydrogen) atoms. The van der Waals surface area contributed by atoms with Crippen LogP contribution in [0, 0.1) is 0 Å². The van der Waals surface area contributed by atoms with E-state index in [4.69, 9.17) is 10.3 Å². The van der Waals surface area contributed by atoms with Crippen molar-refractivity contribution in [2.75, 3.05) is 22.6 Å². The molecule has 0 saturated carbocycles. The summed E-state index contributed by atoms with van der Waals surface area (Å²) >= 11 is 0. The molecule has 1 heterocycles. The van der Waals surface area contributed by atoms with Crippen molar-refractivity contribution in [3.05, 3.63) is 96.1 Å². The van der Waals surface area contributed by atoms with E-state index in [1.54, 1.807) is 37.3 Å². The third-order valence-electron chi connectivity index (χ3n) is 5.67. The lowest BCUT2D eigenvalue weighted by Gasteiger charge is -2.12. The lowest BCUT2D eigenvalue weighted by atomic mass is 10.1. The largest absolute Gasteiger partial charge is 0.370 e. The highest BCUT2D eigenvalue weighted by molar-refractivity contribution is 7.89. The van der Waals surface area contributed by atoms with Gasteiger partial charge in [0.05, 0.1) is 15.5 Å². The number of anilines is 4. The van der Waals surface area contributed by atoms with Crippen molar-refractivity contribution >= 4 is 49.0 Å². The molecule has 0 aliphatic heterocycles. The fraction of sp³-hybridized carbons (Fsp3) is 0.115. The maximum absolute atomic E-state index is 11.5. The van der Waals surface area contributed by atoms with Crippen molar-refractivity contribution in [1.29, 1.82) is 0 Å². The van der Waals surface area contributed by atoms with Crippen molar-refractivity contribution in [1.82, 2.24) is 9.97 Å². The zero-order valence-corrected chi connectivity index (χ0v) is 23.1. The third-order valence-corrected chi connectivity index (χ3v) is 7.52. The number of para-hydroxylation sites is 1. The monoisotopic (exact) mass is 580 g/mol.